The second-order valence-corrected chi connectivity index (χ2v) is 8.01. The molecule has 1 aromatic carbocycles. The van der Waals surface area contributed by atoms with Crippen molar-refractivity contribution in [2.75, 3.05) is 31.6 Å². The maximum atomic E-state index is 13.1. The van der Waals surface area contributed by atoms with E-state index in [0.29, 0.717) is 61.3 Å². The molecule has 4 rings (SSSR count). The predicted octanol–water partition coefficient (Wildman–Crippen LogP) is 3.76. The van der Waals surface area contributed by atoms with E-state index in [-0.39, 0.29) is 17.7 Å². The van der Waals surface area contributed by atoms with Gasteiger partial charge >= 0.3 is 0 Å². The smallest absolute Gasteiger partial charge is 0.271 e. The monoisotopic (exact) mass is 463 g/mol. The molecule has 9 nitrogen and oxygen atoms in total. The van der Waals surface area contributed by atoms with Crippen molar-refractivity contribution in [1.29, 1.82) is 0 Å². The summed E-state index contributed by atoms with van der Waals surface area (Å²) >= 11 is 0. The third kappa shape index (κ3) is 5.36. The van der Waals surface area contributed by atoms with Gasteiger partial charge in [-0.2, -0.15) is 5.10 Å². The van der Waals surface area contributed by atoms with Crippen molar-refractivity contribution in [3.8, 4) is 22.8 Å². The van der Waals surface area contributed by atoms with Gasteiger partial charge in [0.05, 0.1) is 30.5 Å². The summed E-state index contributed by atoms with van der Waals surface area (Å²) in [6.45, 7) is 5.73. The lowest BCUT2D eigenvalue weighted by atomic mass is 9.96. The van der Waals surface area contributed by atoms with Crippen molar-refractivity contribution in [2.45, 2.75) is 26.7 Å². The van der Waals surface area contributed by atoms with Crippen LogP contribution in [0.1, 0.15) is 37.2 Å². The van der Waals surface area contributed by atoms with Gasteiger partial charge in [0.25, 0.3) is 5.91 Å². The number of amides is 2. The molecule has 34 heavy (non-hydrogen) atoms. The van der Waals surface area contributed by atoms with Crippen molar-refractivity contribution in [2.24, 2.45) is 5.92 Å². The number of pyridine rings is 1. The van der Waals surface area contributed by atoms with Crippen LogP contribution in [0.4, 0.5) is 5.69 Å². The maximum absolute atomic E-state index is 13.1. The molecule has 0 aliphatic carbocycles. The van der Waals surface area contributed by atoms with Crippen molar-refractivity contribution < 1.29 is 19.1 Å². The zero-order chi connectivity index (χ0) is 23.9. The number of benzene rings is 1. The van der Waals surface area contributed by atoms with Crippen LogP contribution in [-0.2, 0) is 4.79 Å². The molecule has 1 aliphatic heterocycles. The normalized spacial score (nSPS) is 15.6. The summed E-state index contributed by atoms with van der Waals surface area (Å²) in [5.41, 5.74) is 2.52. The highest BCUT2D eigenvalue weighted by Gasteiger charge is 2.30. The number of aromatic amines is 1. The summed E-state index contributed by atoms with van der Waals surface area (Å²) in [5, 5.41) is 10.1. The van der Waals surface area contributed by atoms with Crippen molar-refractivity contribution in [3.63, 3.8) is 0 Å². The number of likely N-dealkylation sites (tertiary alicyclic amines) is 1. The number of nitrogens with zero attached hydrogens (tertiary/aromatic N) is 3. The fourth-order valence-electron chi connectivity index (χ4n) is 4.03. The number of anilines is 1. The van der Waals surface area contributed by atoms with E-state index in [2.05, 4.69) is 20.5 Å². The van der Waals surface area contributed by atoms with Gasteiger partial charge in [0.2, 0.25) is 5.91 Å². The number of aromatic nitrogens is 3. The van der Waals surface area contributed by atoms with Crippen LogP contribution in [0.25, 0.3) is 11.3 Å². The fraction of sp³-hybridized carbons (Fsp3) is 0.360. The van der Waals surface area contributed by atoms with E-state index in [1.807, 2.05) is 32.0 Å². The van der Waals surface area contributed by atoms with Gasteiger partial charge in [-0.3, -0.25) is 19.7 Å². The van der Waals surface area contributed by atoms with Crippen molar-refractivity contribution in [3.05, 3.63) is 54.5 Å². The van der Waals surface area contributed by atoms with E-state index >= 15 is 0 Å². The lowest BCUT2D eigenvalue weighted by Crippen LogP contribution is -2.43. The Morgan fingerprint density at radius 2 is 1.91 bits per heavy atom. The largest absolute Gasteiger partial charge is 0.494 e. The van der Waals surface area contributed by atoms with E-state index in [4.69, 9.17) is 9.47 Å². The standard InChI is InChI=1S/C25H29N5O4/c1-3-33-19-7-8-23(34-4-2)21(14-19)27-24(31)18-6-5-13-30(16-18)25(32)22-15-20(28-29-22)17-9-11-26-12-10-17/h7-12,14-15,18H,3-6,13,16H2,1-2H3,(H,27,31)(H,28,29). The minimum Gasteiger partial charge on any atom is -0.494 e. The molecule has 1 fully saturated rings. The van der Waals surface area contributed by atoms with Crippen molar-refractivity contribution >= 4 is 17.5 Å². The molecule has 1 atom stereocenters. The van der Waals surface area contributed by atoms with Crippen LogP contribution in [0.2, 0.25) is 0 Å². The Bertz CT molecular complexity index is 1130. The molecule has 2 N–H and O–H groups in total. The molecule has 0 spiro atoms. The topological polar surface area (TPSA) is 109 Å². The first-order chi connectivity index (χ1) is 16.6. The van der Waals surface area contributed by atoms with Gasteiger partial charge in [-0.1, -0.05) is 0 Å². The number of carbonyl (C=O) groups is 2. The number of hydrogen-bond donors (Lipinski definition) is 2. The van der Waals surface area contributed by atoms with E-state index in [1.165, 1.54) is 0 Å². The number of ether oxygens (including phenoxy) is 2. The van der Waals surface area contributed by atoms with Gasteiger partial charge in [0, 0.05) is 37.1 Å². The van der Waals surface area contributed by atoms with E-state index < -0.39 is 0 Å². The SMILES string of the molecule is CCOc1ccc(OCC)c(NC(=O)C2CCCN(C(=O)c3cc(-c4ccncc4)n[nH]3)C2)c1. The third-order valence-corrected chi connectivity index (χ3v) is 5.68. The average Bonchev–Trinajstić information content (AvgIpc) is 3.36. The Hall–Kier alpha value is -3.88. The predicted molar refractivity (Wildman–Crippen MR) is 128 cm³/mol. The second kappa shape index (κ2) is 10.8. The van der Waals surface area contributed by atoms with Crippen LogP contribution in [0.15, 0.2) is 48.8 Å². The van der Waals surface area contributed by atoms with Gasteiger partial charge in [-0.25, -0.2) is 0 Å². The van der Waals surface area contributed by atoms with Crippen LogP contribution >= 0.6 is 0 Å². The van der Waals surface area contributed by atoms with Gasteiger partial charge in [-0.05, 0) is 57.0 Å². The van der Waals surface area contributed by atoms with Gasteiger partial charge < -0.3 is 19.7 Å². The average molecular weight is 464 g/mol. The van der Waals surface area contributed by atoms with Crippen LogP contribution < -0.4 is 14.8 Å². The first-order valence-corrected chi connectivity index (χ1v) is 11.5. The number of nitrogens with one attached hydrogen (secondary N) is 2. The molecule has 2 amide bonds. The van der Waals surface area contributed by atoms with E-state index in [9.17, 15) is 9.59 Å². The molecule has 1 saturated heterocycles. The summed E-state index contributed by atoms with van der Waals surface area (Å²) in [6.07, 6.45) is 4.81. The molecule has 0 saturated carbocycles. The Balaban J connectivity index is 1.44. The molecule has 3 aromatic rings. The summed E-state index contributed by atoms with van der Waals surface area (Å²) in [5.74, 6) is 0.605. The highest BCUT2D eigenvalue weighted by atomic mass is 16.5. The fourth-order valence-corrected chi connectivity index (χ4v) is 4.03. The lowest BCUT2D eigenvalue weighted by Gasteiger charge is -2.31. The summed E-state index contributed by atoms with van der Waals surface area (Å²) in [6, 6.07) is 10.8. The molecular formula is C25H29N5O4. The van der Waals surface area contributed by atoms with Crippen LogP contribution in [-0.4, -0.2) is 58.2 Å². The Kier molecular flexibility index (Phi) is 7.41. The number of H-pyrrole nitrogens is 1. The second-order valence-electron chi connectivity index (χ2n) is 8.01. The summed E-state index contributed by atoms with van der Waals surface area (Å²) in [7, 11) is 0. The van der Waals surface area contributed by atoms with Crippen LogP contribution in [0, 0.1) is 5.92 Å². The third-order valence-electron chi connectivity index (χ3n) is 5.68. The minimum absolute atomic E-state index is 0.144. The highest BCUT2D eigenvalue weighted by Crippen LogP contribution is 2.31. The zero-order valence-corrected chi connectivity index (χ0v) is 19.4. The van der Waals surface area contributed by atoms with E-state index in [0.717, 1.165) is 12.0 Å². The molecular weight excluding hydrogens is 434 g/mol. The Morgan fingerprint density at radius 3 is 2.68 bits per heavy atom. The number of piperidine rings is 1. The van der Waals surface area contributed by atoms with Crippen molar-refractivity contribution in [1.82, 2.24) is 20.1 Å². The molecule has 178 valence electrons. The molecule has 9 heteroatoms. The quantitative estimate of drug-likeness (QED) is 0.526. The molecule has 0 bridgehead atoms. The van der Waals surface area contributed by atoms with E-state index in [1.54, 1.807) is 35.5 Å². The van der Waals surface area contributed by atoms with Gasteiger partial charge in [0.15, 0.2) is 0 Å². The zero-order valence-electron chi connectivity index (χ0n) is 19.4. The van der Waals surface area contributed by atoms with Crippen LogP contribution in [0.5, 0.6) is 11.5 Å². The molecule has 0 radical (unpaired) electrons. The highest BCUT2D eigenvalue weighted by molar-refractivity contribution is 5.96. The van der Waals surface area contributed by atoms with Gasteiger partial charge in [-0.15, -0.1) is 0 Å². The minimum atomic E-state index is -0.328. The number of rotatable bonds is 8. The molecule has 1 aliphatic rings. The summed E-state index contributed by atoms with van der Waals surface area (Å²) in [4.78, 5) is 31.9. The maximum Gasteiger partial charge on any atom is 0.271 e. The number of carbonyl (C=O) groups excluding carboxylic acids is 2. The molecule has 3 heterocycles. The number of hydrogen-bond acceptors (Lipinski definition) is 6. The Morgan fingerprint density at radius 1 is 1.12 bits per heavy atom. The first-order valence-electron chi connectivity index (χ1n) is 11.5. The van der Waals surface area contributed by atoms with Gasteiger partial charge in [0.1, 0.15) is 17.2 Å². The molecule has 2 aromatic heterocycles. The lowest BCUT2D eigenvalue weighted by molar-refractivity contribution is -0.121. The first kappa shape index (κ1) is 23.3. The molecule has 1 unspecified atom stereocenters. The Labute approximate surface area is 198 Å². The van der Waals surface area contributed by atoms with Crippen LogP contribution in [0.3, 0.4) is 0 Å². The summed E-state index contributed by atoms with van der Waals surface area (Å²) < 4.78 is 11.2.